The number of rotatable bonds is 11. The number of hydrogen-bond acceptors (Lipinski definition) is 5. The quantitative estimate of drug-likeness (QED) is 0.559. The first kappa shape index (κ1) is 22.2. The van der Waals surface area contributed by atoms with Gasteiger partial charge >= 0.3 is 5.97 Å². The fourth-order valence-corrected chi connectivity index (χ4v) is 2.95. The lowest BCUT2D eigenvalue weighted by Crippen LogP contribution is -2.45. The zero-order chi connectivity index (χ0) is 20.7. The van der Waals surface area contributed by atoms with E-state index in [1.54, 1.807) is 25.1 Å². The molecule has 1 N–H and O–H groups in total. The molecule has 0 aromatic heterocycles. The van der Waals surface area contributed by atoms with Crippen molar-refractivity contribution in [3.05, 3.63) is 23.8 Å². The Balaban J connectivity index is 2.23. The normalized spacial score (nSPS) is 16.8. The van der Waals surface area contributed by atoms with Crippen molar-refractivity contribution < 1.29 is 23.8 Å². The Morgan fingerprint density at radius 1 is 1.25 bits per heavy atom. The van der Waals surface area contributed by atoms with Crippen LogP contribution in [-0.2, 0) is 14.3 Å². The lowest BCUT2D eigenvalue weighted by atomic mass is 9.98. The molecule has 1 fully saturated rings. The number of nitrogens with one attached hydrogen (secondary N) is 1. The molecule has 1 aliphatic rings. The van der Waals surface area contributed by atoms with Gasteiger partial charge < -0.3 is 19.5 Å². The average Bonchev–Trinajstić information content (AvgIpc) is 3.52. The van der Waals surface area contributed by atoms with Gasteiger partial charge in [0, 0.05) is 12.3 Å². The second-order valence-electron chi connectivity index (χ2n) is 7.45. The molecule has 0 heterocycles. The van der Waals surface area contributed by atoms with E-state index in [0.717, 1.165) is 25.7 Å². The fraction of sp³-hybridized carbons (Fsp3) is 0.636. The second-order valence-corrected chi connectivity index (χ2v) is 7.45. The van der Waals surface area contributed by atoms with Crippen LogP contribution in [0.15, 0.2) is 18.2 Å². The number of ether oxygens (including phenoxy) is 3. The Hall–Kier alpha value is -2.08. The van der Waals surface area contributed by atoms with Crippen molar-refractivity contribution in [1.82, 2.24) is 0 Å². The summed E-state index contributed by atoms with van der Waals surface area (Å²) in [6.07, 6.45) is 3.61. The second kappa shape index (κ2) is 9.92. The molecule has 6 nitrogen and oxygen atoms in total. The predicted octanol–water partition coefficient (Wildman–Crippen LogP) is 4.57. The minimum atomic E-state index is -0.855. The van der Waals surface area contributed by atoms with Gasteiger partial charge in [-0.25, -0.2) is 4.79 Å². The number of amides is 1. The summed E-state index contributed by atoms with van der Waals surface area (Å²) < 4.78 is 16.9. The molecule has 1 amide bonds. The van der Waals surface area contributed by atoms with Crippen LogP contribution in [0.1, 0.15) is 70.7 Å². The maximum atomic E-state index is 13.0. The van der Waals surface area contributed by atoms with Gasteiger partial charge in [0.15, 0.2) is 0 Å². The van der Waals surface area contributed by atoms with E-state index in [1.165, 1.54) is 0 Å². The number of hydrogen-bond donors (Lipinski definition) is 1. The first-order chi connectivity index (χ1) is 13.3. The molecule has 2 unspecified atom stereocenters. The smallest absolute Gasteiger partial charge is 0.341 e. The van der Waals surface area contributed by atoms with Crippen molar-refractivity contribution in [2.24, 2.45) is 5.92 Å². The molecular weight excluding hydrogens is 358 g/mol. The van der Waals surface area contributed by atoms with E-state index in [1.807, 2.05) is 27.7 Å². The third-order valence-corrected chi connectivity index (χ3v) is 5.05. The molecule has 1 aromatic carbocycles. The molecule has 0 bridgehead atoms. The molecule has 0 aliphatic heterocycles. The maximum absolute atomic E-state index is 13.0. The van der Waals surface area contributed by atoms with Crippen LogP contribution in [-0.4, -0.2) is 36.8 Å². The van der Waals surface area contributed by atoms with Gasteiger partial charge in [-0.3, -0.25) is 4.79 Å². The molecule has 2 rings (SSSR count). The number of esters is 1. The molecule has 28 heavy (non-hydrogen) atoms. The Morgan fingerprint density at radius 3 is 2.54 bits per heavy atom. The summed E-state index contributed by atoms with van der Waals surface area (Å²) in [6, 6.07) is 5.06. The van der Waals surface area contributed by atoms with Crippen molar-refractivity contribution in [3.8, 4) is 5.75 Å². The standard InChI is InChI=1S/C22H33NO5/c1-6-13-27-22(5,16-9-10-16)21(25)23-17-11-12-19(28-15(4)7-2)18(14-17)20(24)26-8-3/h11-12,14-16H,6-10,13H2,1-5H3,(H,23,25). The van der Waals surface area contributed by atoms with Crippen LogP contribution in [0.3, 0.4) is 0 Å². The molecule has 0 spiro atoms. The van der Waals surface area contributed by atoms with Crippen molar-refractivity contribution in [2.75, 3.05) is 18.5 Å². The summed E-state index contributed by atoms with van der Waals surface area (Å²) in [5.41, 5.74) is -0.0227. The highest BCUT2D eigenvalue weighted by Crippen LogP contribution is 2.42. The van der Waals surface area contributed by atoms with Gasteiger partial charge in [0.1, 0.15) is 16.9 Å². The largest absolute Gasteiger partial charge is 0.490 e. The molecule has 0 saturated heterocycles. The first-order valence-electron chi connectivity index (χ1n) is 10.3. The minimum Gasteiger partial charge on any atom is -0.490 e. The number of carbonyl (C=O) groups excluding carboxylic acids is 2. The summed E-state index contributed by atoms with van der Waals surface area (Å²) in [7, 11) is 0. The predicted molar refractivity (Wildman–Crippen MR) is 109 cm³/mol. The number of anilines is 1. The Labute approximate surface area is 167 Å². The van der Waals surface area contributed by atoms with Crippen LogP contribution < -0.4 is 10.1 Å². The first-order valence-corrected chi connectivity index (χ1v) is 10.3. The van der Waals surface area contributed by atoms with Crippen molar-refractivity contribution in [1.29, 1.82) is 0 Å². The summed E-state index contributed by atoms with van der Waals surface area (Å²) >= 11 is 0. The number of benzene rings is 1. The van der Waals surface area contributed by atoms with E-state index in [0.29, 0.717) is 23.6 Å². The number of carbonyl (C=O) groups is 2. The minimum absolute atomic E-state index is 0.0331. The summed E-state index contributed by atoms with van der Waals surface area (Å²) in [5.74, 6) is 0.0347. The maximum Gasteiger partial charge on any atom is 0.341 e. The van der Waals surface area contributed by atoms with Crippen LogP contribution in [0.2, 0.25) is 0 Å². The van der Waals surface area contributed by atoms with Gasteiger partial charge in [-0.1, -0.05) is 13.8 Å². The zero-order valence-electron chi connectivity index (χ0n) is 17.7. The third-order valence-electron chi connectivity index (χ3n) is 5.05. The van der Waals surface area contributed by atoms with Gasteiger partial charge in [-0.2, -0.15) is 0 Å². The van der Waals surface area contributed by atoms with Gasteiger partial charge in [0.2, 0.25) is 0 Å². The van der Waals surface area contributed by atoms with Crippen LogP contribution >= 0.6 is 0 Å². The van der Waals surface area contributed by atoms with Gasteiger partial charge in [0.25, 0.3) is 5.91 Å². The molecular formula is C22H33NO5. The van der Waals surface area contributed by atoms with E-state index in [9.17, 15) is 9.59 Å². The van der Waals surface area contributed by atoms with Crippen LogP contribution in [0.5, 0.6) is 5.75 Å². The van der Waals surface area contributed by atoms with E-state index >= 15 is 0 Å². The Morgan fingerprint density at radius 2 is 1.96 bits per heavy atom. The summed E-state index contributed by atoms with van der Waals surface area (Å²) in [5, 5.41) is 2.92. The van der Waals surface area contributed by atoms with E-state index < -0.39 is 11.6 Å². The third kappa shape index (κ3) is 5.47. The highest BCUT2D eigenvalue weighted by Gasteiger charge is 2.48. The van der Waals surface area contributed by atoms with Crippen LogP contribution in [0.4, 0.5) is 5.69 Å². The zero-order valence-corrected chi connectivity index (χ0v) is 17.7. The van der Waals surface area contributed by atoms with Gasteiger partial charge in [-0.05, 0) is 70.6 Å². The SMILES string of the molecule is CCCOC(C)(C(=O)Nc1ccc(OC(C)CC)c(C(=O)OCC)c1)C1CC1. The summed E-state index contributed by atoms with van der Waals surface area (Å²) in [6.45, 7) is 10.4. The van der Waals surface area contributed by atoms with Crippen LogP contribution in [0, 0.1) is 5.92 Å². The van der Waals surface area contributed by atoms with Crippen molar-refractivity contribution in [3.63, 3.8) is 0 Å². The Kier molecular flexibility index (Phi) is 7.87. The van der Waals surface area contributed by atoms with E-state index in [-0.39, 0.29) is 24.5 Å². The van der Waals surface area contributed by atoms with Crippen LogP contribution in [0.25, 0.3) is 0 Å². The fourth-order valence-electron chi connectivity index (χ4n) is 2.95. The highest BCUT2D eigenvalue weighted by molar-refractivity contribution is 6.00. The molecule has 1 aromatic rings. The molecule has 0 radical (unpaired) electrons. The topological polar surface area (TPSA) is 73.9 Å². The summed E-state index contributed by atoms with van der Waals surface area (Å²) in [4.78, 5) is 25.3. The van der Waals surface area contributed by atoms with Crippen molar-refractivity contribution >= 4 is 17.6 Å². The highest BCUT2D eigenvalue weighted by atomic mass is 16.5. The van der Waals surface area contributed by atoms with E-state index in [2.05, 4.69) is 5.32 Å². The lowest BCUT2D eigenvalue weighted by Gasteiger charge is -2.29. The molecule has 2 atom stereocenters. The monoisotopic (exact) mass is 391 g/mol. The van der Waals surface area contributed by atoms with Crippen molar-refractivity contribution in [2.45, 2.75) is 72.0 Å². The molecule has 6 heteroatoms. The van der Waals surface area contributed by atoms with E-state index in [4.69, 9.17) is 14.2 Å². The Bertz CT molecular complexity index is 686. The molecule has 1 saturated carbocycles. The van der Waals surface area contributed by atoms with Gasteiger partial charge in [0.05, 0.1) is 12.7 Å². The van der Waals surface area contributed by atoms with Gasteiger partial charge in [-0.15, -0.1) is 0 Å². The molecule has 1 aliphatic carbocycles. The molecule has 156 valence electrons. The average molecular weight is 392 g/mol. The lowest BCUT2D eigenvalue weighted by molar-refractivity contribution is -0.142.